The summed E-state index contributed by atoms with van der Waals surface area (Å²) >= 11 is -0.281. The van der Waals surface area contributed by atoms with E-state index in [-0.39, 0.29) is 30.4 Å². The Morgan fingerprint density at radius 1 is 1.10 bits per heavy atom. The first-order valence-corrected chi connectivity index (χ1v) is 15.1. The van der Waals surface area contributed by atoms with Crippen LogP contribution in [-0.2, 0) is 21.3 Å². The van der Waals surface area contributed by atoms with Crippen LogP contribution < -0.4 is 24.8 Å². The molecule has 1 heterocycles. The van der Waals surface area contributed by atoms with Crippen LogP contribution in [0, 0.1) is 0 Å². The molecule has 1 unspecified atom stereocenters. The van der Waals surface area contributed by atoms with Gasteiger partial charge in [-0.1, -0.05) is 0 Å². The Morgan fingerprint density at radius 3 is 2.33 bits per heavy atom. The fourth-order valence-electron chi connectivity index (χ4n) is 5.09. The summed E-state index contributed by atoms with van der Waals surface area (Å²) in [4.78, 5) is 4.06. The zero-order chi connectivity index (χ0) is 20.4. The maximum atomic E-state index is 2.61. The van der Waals surface area contributed by atoms with E-state index < -0.39 is 21.3 Å². The third-order valence-electron chi connectivity index (χ3n) is 5.98. The molecule has 30 heavy (non-hydrogen) atoms. The number of rotatable bonds is 3. The predicted molar refractivity (Wildman–Crippen MR) is 122 cm³/mol. The van der Waals surface area contributed by atoms with Gasteiger partial charge >= 0.3 is 183 Å². The van der Waals surface area contributed by atoms with Crippen molar-refractivity contribution in [2.24, 2.45) is 0 Å². The maximum Gasteiger partial charge on any atom is -1.00 e. The monoisotopic (exact) mass is 537 g/mol. The molecule has 0 radical (unpaired) electrons. The standard InChI is InChI=1S/C13H18N.C9H7S.C3H6.2ClH.Zr/c1-9-6-11-8-10(2)14(12(11)7-9)13(3,4)5;1-10-9-6-5-7-3-2-4-8(7)9;1-3-2;;;/h7-8,10H,1-5H3;2-3,5-6H,1H3;1-2H3;2*1H;/q;;;;;+2/p-2. The van der Waals surface area contributed by atoms with Crippen molar-refractivity contribution in [3.8, 4) is 0 Å². The van der Waals surface area contributed by atoms with Crippen LogP contribution in [0.5, 0.6) is 0 Å². The van der Waals surface area contributed by atoms with Crippen molar-refractivity contribution < 1.29 is 46.1 Å². The third-order valence-corrected chi connectivity index (χ3v) is 14.4. The molecule has 1 atom stereocenters. The number of nitrogens with zero attached hydrogens (tertiary/aromatic N) is 1. The quantitative estimate of drug-likeness (QED) is 0.512. The smallest absolute Gasteiger partial charge is 1.00 e. The molecule has 160 valence electrons. The van der Waals surface area contributed by atoms with Gasteiger partial charge in [0.2, 0.25) is 0 Å². The summed E-state index contributed by atoms with van der Waals surface area (Å²) in [5, 5.41) is 0. The minimum Gasteiger partial charge on any atom is -1.00 e. The molecular formula is C25H31Cl2NSZr. The van der Waals surface area contributed by atoms with E-state index >= 15 is 0 Å². The van der Waals surface area contributed by atoms with Crippen LogP contribution in [0.1, 0.15) is 48.5 Å². The van der Waals surface area contributed by atoms with Crippen LogP contribution in [0.15, 0.2) is 75.9 Å². The zero-order valence-electron chi connectivity index (χ0n) is 19.2. The fourth-order valence-corrected chi connectivity index (χ4v) is 13.4. The molecule has 0 aromatic heterocycles. The van der Waals surface area contributed by atoms with Gasteiger partial charge in [-0.2, -0.15) is 0 Å². The van der Waals surface area contributed by atoms with Gasteiger partial charge in [0.15, 0.2) is 0 Å². The van der Waals surface area contributed by atoms with E-state index in [1.165, 1.54) is 27.3 Å². The summed E-state index contributed by atoms with van der Waals surface area (Å²) in [5.41, 5.74) is 7.61. The Kier molecular flexibility index (Phi) is 8.00. The molecule has 0 bridgehead atoms. The average Bonchev–Trinajstić information content (AvgIpc) is 3.29. The summed E-state index contributed by atoms with van der Waals surface area (Å²) in [6.07, 6.45) is 16.6. The Balaban J connectivity index is 0.00000160. The molecule has 0 saturated carbocycles. The van der Waals surface area contributed by atoms with E-state index in [2.05, 4.69) is 96.1 Å². The van der Waals surface area contributed by atoms with Crippen molar-refractivity contribution in [1.82, 2.24) is 4.90 Å². The molecule has 0 N–H and O–H groups in total. The first kappa shape index (κ1) is 25.9. The Labute approximate surface area is 206 Å². The minimum absolute atomic E-state index is 0. The second kappa shape index (κ2) is 9.26. The third kappa shape index (κ3) is 4.05. The molecule has 0 amide bonds. The molecule has 1 aliphatic heterocycles. The largest absolute Gasteiger partial charge is 1.00 e. The molecule has 0 aromatic rings. The molecule has 0 fully saturated rings. The van der Waals surface area contributed by atoms with E-state index in [1.807, 2.05) is 11.8 Å². The van der Waals surface area contributed by atoms with Crippen molar-refractivity contribution in [2.75, 3.05) is 6.26 Å². The number of hydrogen-bond acceptors (Lipinski definition) is 2. The molecule has 4 aliphatic rings. The van der Waals surface area contributed by atoms with Crippen LogP contribution in [0.2, 0.25) is 0 Å². The SMILES string of the molecule is CSC1=C2C(=CC=[C]2[Zr+2]([C]2=C(C)C=C3C2=CC(C)N3C(C)(C)C)=[C](C)C)C=C1.[Cl-].[Cl-]. The van der Waals surface area contributed by atoms with E-state index in [9.17, 15) is 0 Å². The number of fused-ring (bicyclic) bond motifs is 2. The van der Waals surface area contributed by atoms with Crippen molar-refractivity contribution in [1.29, 1.82) is 0 Å². The van der Waals surface area contributed by atoms with Gasteiger partial charge in [-0.05, 0) is 0 Å². The first-order valence-electron chi connectivity index (χ1n) is 10.2. The van der Waals surface area contributed by atoms with E-state index in [4.69, 9.17) is 0 Å². The van der Waals surface area contributed by atoms with Crippen LogP contribution >= 0.6 is 11.8 Å². The predicted octanol–water partition coefficient (Wildman–Crippen LogP) is 0.436. The van der Waals surface area contributed by atoms with Crippen molar-refractivity contribution in [2.45, 2.75) is 60.0 Å². The maximum absolute atomic E-state index is 2.61. The van der Waals surface area contributed by atoms with Gasteiger partial charge in [0.05, 0.1) is 0 Å². The van der Waals surface area contributed by atoms with Crippen LogP contribution in [0.3, 0.4) is 0 Å². The second-order valence-corrected chi connectivity index (χ2v) is 17.0. The van der Waals surface area contributed by atoms with Crippen LogP contribution in [0.4, 0.5) is 0 Å². The van der Waals surface area contributed by atoms with Crippen LogP contribution in [0.25, 0.3) is 0 Å². The zero-order valence-corrected chi connectivity index (χ0v) is 23.9. The number of allylic oxidation sites excluding steroid dienone is 10. The van der Waals surface area contributed by atoms with Gasteiger partial charge < -0.3 is 24.8 Å². The van der Waals surface area contributed by atoms with Gasteiger partial charge in [0.1, 0.15) is 0 Å². The summed E-state index contributed by atoms with van der Waals surface area (Å²) < 4.78 is 5.03. The molecule has 4 rings (SSSR count). The number of hydrogen-bond donors (Lipinski definition) is 0. The molecule has 5 heteroatoms. The number of thioether (sulfide) groups is 1. The van der Waals surface area contributed by atoms with Gasteiger partial charge in [-0.25, -0.2) is 0 Å². The van der Waals surface area contributed by atoms with Gasteiger partial charge in [-0.15, -0.1) is 0 Å². The normalized spacial score (nSPS) is 21.3. The second-order valence-electron chi connectivity index (χ2n) is 9.30. The van der Waals surface area contributed by atoms with Crippen LogP contribution in [-0.4, -0.2) is 25.9 Å². The minimum atomic E-state index is -2.17. The molecular weight excluding hydrogens is 508 g/mol. The first-order chi connectivity index (χ1) is 13.1. The Bertz CT molecular complexity index is 1020. The van der Waals surface area contributed by atoms with Crippen molar-refractivity contribution >= 4 is 15.0 Å². The van der Waals surface area contributed by atoms with E-state index in [0.29, 0.717) is 6.04 Å². The summed E-state index contributed by atoms with van der Waals surface area (Å²) in [6, 6.07) is 0.464. The summed E-state index contributed by atoms with van der Waals surface area (Å²) in [7, 11) is 0. The number of halogens is 2. The fraction of sp³-hybridized carbons (Fsp3) is 0.400. The summed E-state index contributed by atoms with van der Waals surface area (Å²) in [5.74, 6) is 0. The van der Waals surface area contributed by atoms with Crippen molar-refractivity contribution in [3.63, 3.8) is 0 Å². The van der Waals surface area contributed by atoms with Gasteiger partial charge in [0.25, 0.3) is 0 Å². The molecule has 0 saturated heterocycles. The molecule has 1 nitrogen and oxygen atoms in total. The molecule has 3 aliphatic carbocycles. The van der Waals surface area contributed by atoms with Gasteiger partial charge in [0, 0.05) is 0 Å². The molecule has 0 aromatic carbocycles. The van der Waals surface area contributed by atoms with E-state index in [1.54, 1.807) is 15.3 Å². The Hall–Kier alpha value is -0.337. The molecule has 0 spiro atoms. The summed E-state index contributed by atoms with van der Waals surface area (Å²) in [6.45, 7) is 16.5. The topological polar surface area (TPSA) is 3.24 Å². The van der Waals surface area contributed by atoms with E-state index in [0.717, 1.165) is 0 Å². The van der Waals surface area contributed by atoms with Crippen molar-refractivity contribution in [3.05, 3.63) is 75.9 Å². The van der Waals surface area contributed by atoms with Gasteiger partial charge in [-0.3, -0.25) is 0 Å². The Morgan fingerprint density at radius 2 is 1.77 bits per heavy atom. The average molecular weight is 540 g/mol.